The fraction of sp³-hybridized carbons (Fsp3) is 0.182. The van der Waals surface area contributed by atoms with Gasteiger partial charge in [0, 0.05) is 28.0 Å². The maximum atomic E-state index is 14.2. The molecule has 0 radical (unpaired) electrons. The molecule has 0 saturated carbocycles. The van der Waals surface area contributed by atoms with E-state index in [-0.39, 0.29) is 0 Å². The minimum Gasteiger partial charge on any atom is -0.194 e. The van der Waals surface area contributed by atoms with Crippen LogP contribution in [-0.4, -0.2) is 6.15 Å². The molecule has 434 valence electrons. The Morgan fingerprint density at radius 1 is 0.317 bits per heavy atom. The number of fused-ring (bicyclic) bond motifs is 1. The largest absolute Gasteiger partial charge is 0.416 e. The lowest BCUT2D eigenvalue weighted by Crippen LogP contribution is -2.75. The predicted octanol–water partition coefficient (Wildman–Crippen LogP) is 16.3. The average Bonchev–Trinajstić information content (AvgIpc) is 3.07. The maximum absolute atomic E-state index is 14.2. The summed E-state index contributed by atoms with van der Waals surface area (Å²) in [5.41, 5.74) is -25.1. The summed E-state index contributed by atoms with van der Waals surface area (Å²) < 4.78 is 343. The van der Waals surface area contributed by atoms with Crippen LogP contribution in [0.2, 0.25) is 0 Å². The Bertz CT molecular complexity index is 3170. The van der Waals surface area contributed by atoms with Crippen LogP contribution in [0, 0.1) is 0 Å². The number of hydrogen-bond acceptors (Lipinski definition) is 1. The van der Waals surface area contributed by atoms with Gasteiger partial charge in [-0.2, -0.15) is 132 Å². The molecule has 0 spiro atoms. The van der Waals surface area contributed by atoms with Crippen molar-refractivity contribution in [2.45, 2.75) is 67.3 Å². The molecule has 0 aliphatic heterocycles. The normalized spacial score (nSPS) is 13.3. The Morgan fingerprint density at radius 2 is 0.610 bits per heavy atom. The Hall–Kier alpha value is -7.32. The minimum absolute atomic E-state index is 0.691. The second-order valence-electron chi connectivity index (χ2n) is 18.5. The molecule has 1 nitrogen and oxygen atoms in total. The zero-order chi connectivity index (χ0) is 61.0. The number of alkyl halides is 24. The summed E-state index contributed by atoms with van der Waals surface area (Å²) in [6.07, 6.45) is -53.9. The highest BCUT2D eigenvalue weighted by Crippen LogP contribution is 2.41. The number of para-hydroxylation sites is 1. The van der Waals surface area contributed by atoms with Gasteiger partial charge in [0.25, 0.3) is 0 Å². The molecular weight excluding hydrogens is 1170 g/mol. The number of pyridine rings is 1. The van der Waals surface area contributed by atoms with E-state index in [1.807, 2.05) is 6.07 Å². The van der Waals surface area contributed by atoms with Crippen molar-refractivity contribution in [3.63, 3.8) is 0 Å². The van der Waals surface area contributed by atoms with Crippen molar-refractivity contribution in [2.24, 2.45) is 0 Å². The lowest BCUT2D eigenvalue weighted by molar-refractivity contribution is -0.669. The Morgan fingerprint density at radius 3 is 0.927 bits per heavy atom. The lowest BCUT2D eigenvalue weighted by Gasteiger charge is -2.46. The Kier molecular flexibility index (Phi) is 16.8. The zero-order valence-corrected chi connectivity index (χ0v) is 41.4. The Balaban J connectivity index is 0.000000318. The van der Waals surface area contributed by atoms with Crippen molar-refractivity contribution in [1.82, 2.24) is 0 Å². The molecule has 8 aromatic rings. The Labute approximate surface area is 452 Å². The summed E-state index contributed by atoms with van der Waals surface area (Å²) in [4.78, 5) is 1.04. The first-order valence-electron chi connectivity index (χ1n) is 23.1. The SMILES string of the molecule is FC(F)(F)c1cc([B-](c2cc(C(F)(F)F)cc(C(F)(F)F)c2)(c2cc(C(F)(F)F)cc(C(F)(F)F)c2)c2cc(C(F)(F)F)cc(C(F)(F)F)c2)cc(C(F)(F)F)c1.Sc1ccccc1Cc1ccc2ccccc2[n+]1Cc1ccccc1. The van der Waals surface area contributed by atoms with Gasteiger partial charge in [-0.25, -0.2) is 0 Å². The predicted molar refractivity (Wildman–Crippen MR) is 256 cm³/mol. The first kappa shape index (κ1) is 62.3. The minimum atomic E-state index is -6.13. The summed E-state index contributed by atoms with van der Waals surface area (Å²) in [5, 5.41) is 1.27. The van der Waals surface area contributed by atoms with Gasteiger partial charge >= 0.3 is 49.4 Å². The van der Waals surface area contributed by atoms with E-state index in [4.69, 9.17) is 0 Å². The van der Waals surface area contributed by atoms with Crippen molar-refractivity contribution in [3.8, 4) is 0 Å². The molecule has 0 bridgehead atoms. The van der Waals surface area contributed by atoms with Crippen LogP contribution in [0.15, 0.2) is 169 Å². The number of benzene rings is 7. The molecule has 0 fully saturated rings. The molecule has 0 amide bonds. The third-order valence-corrected chi connectivity index (χ3v) is 13.5. The van der Waals surface area contributed by atoms with Crippen LogP contribution in [0.4, 0.5) is 105 Å². The molecule has 27 heteroatoms. The van der Waals surface area contributed by atoms with Crippen LogP contribution < -0.4 is 26.4 Å². The first-order chi connectivity index (χ1) is 37.6. The van der Waals surface area contributed by atoms with Gasteiger partial charge in [0.15, 0.2) is 12.2 Å². The summed E-state index contributed by atoms with van der Waals surface area (Å²) in [5.74, 6) is 0. The van der Waals surface area contributed by atoms with Gasteiger partial charge in [0.1, 0.15) is 6.15 Å². The van der Waals surface area contributed by atoms with E-state index in [1.54, 1.807) is 0 Å². The fourth-order valence-corrected chi connectivity index (χ4v) is 9.58. The van der Waals surface area contributed by atoms with Gasteiger partial charge < -0.3 is 0 Å². The monoisotopic (exact) mass is 1210 g/mol. The average molecular weight is 1210 g/mol. The van der Waals surface area contributed by atoms with Crippen LogP contribution in [0.3, 0.4) is 0 Å². The smallest absolute Gasteiger partial charge is 0.194 e. The summed E-state index contributed by atoms with van der Waals surface area (Å²) in [6.45, 7) is 0.867. The summed E-state index contributed by atoms with van der Waals surface area (Å²) >= 11 is 4.63. The number of halogens is 24. The fourth-order valence-electron chi connectivity index (χ4n) is 9.34. The van der Waals surface area contributed by atoms with Gasteiger partial charge in [0.2, 0.25) is 5.52 Å². The van der Waals surface area contributed by atoms with Gasteiger partial charge in [-0.1, -0.05) is 109 Å². The van der Waals surface area contributed by atoms with Crippen LogP contribution in [0.5, 0.6) is 0 Å². The van der Waals surface area contributed by atoms with E-state index >= 15 is 0 Å². The molecule has 1 aromatic heterocycles. The van der Waals surface area contributed by atoms with Crippen LogP contribution in [0.1, 0.15) is 61.3 Å². The number of hydrogen-bond donors (Lipinski definition) is 1. The number of aromatic nitrogens is 1. The van der Waals surface area contributed by atoms with Crippen molar-refractivity contribution in [1.29, 1.82) is 0 Å². The molecule has 8 rings (SSSR count). The molecular formula is C55H32BF24NS. The molecule has 0 N–H and O–H groups in total. The second-order valence-corrected chi connectivity index (χ2v) is 19.0. The standard InChI is InChI=1S/C32H12BF24.C23H19NS/c34-25(35,36)13-1-14(26(37,38)39)6-21(5-13)33(22-7-15(27(40,41)42)2-16(8-22)28(43,44)45,23-9-17(29(46,47)48)3-18(10-23)30(49,50)51)24-11-19(31(52,53)54)4-20(12-24)32(55,56)57;25-23-13-7-5-11-20(23)16-21-15-14-19-10-4-6-12-22(19)24(21)17-18-8-2-1-3-9-18/h1-12H;1-15H,16-17H2/q-1;/p+1. The maximum Gasteiger partial charge on any atom is 0.416 e. The van der Waals surface area contributed by atoms with Gasteiger partial charge in [-0.3, -0.25) is 0 Å². The van der Waals surface area contributed by atoms with Crippen molar-refractivity contribution < 1.29 is 110 Å². The quantitative estimate of drug-likeness (QED) is 0.0669. The van der Waals surface area contributed by atoms with Gasteiger partial charge in [-0.15, -0.1) is 12.6 Å². The van der Waals surface area contributed by atoms with Gasteiger partial charge in [-0.05, 0) is 48.0 Å². The third kappa shape index (κ3) is 13.9. The highest BCUT2D eigenvalue weighted by Gasteiger charge is 2.47. The highest BCUT2D eigenvalue weighted by molar-refractivity contribution is 7.80. The molecule has 0 aliphatic carbocycles. The van der Waals surface area contributed by atoms with E-state index in [2.05, 4.69) is 102 Å². The van der Waals surface area contributed by atoms with E-state index < -0.39 is 195 Å². The highest BCUT2D eigenvalue weighted by atomic mass is 32.1. The van der Waals surface area contributed by atoms with Crippen molar-refractivity contribution in [2.75, 3.05) is 0 Å². The topological polar surface area (TPSA) is 3.88 Å². The van der Waals surface area contributed by atoms with Crippen molar-refractivity contribution in [3.05, 3.63) is 225 Å². The lowest BCUT2D eigenvalue weighted by atomic mass is 9.12. The number of rotatable bonds is 8. The summed E-state index contributed by atoms with van der Waals surface area (Å²) in [7, 11) is 0. The van der Waals surface area contributed by atoms with Crippen LogP contribution in [0.25, 0.3) is 10.9 Å². The zero-order valence-electron chi connectivity index (χ0n) is 40.5. The van der Waals surface area contributed by atoms with E-state index in [9.17, 15) is 105 Å². The molecule has 82 heavy (non-hydrogen) atoms. The molecule has 0 aliphatic rings. The number of thiol groups is 1. The van der Waals surface area contributed by atoms with E-state index in [1.165, 1.54) is 27.7 Å². The molecule has 0 saturated heterocycles. The number of nitrogens with zero attached hydrogens (tertiary/aromatic N) is 1. The molecule has 0 unspecified atom stereocenters. The molecule has 0 atom stereocenters. The van der Waals surface area contributed by atoms with E-state index in [0.29, 0.717) is 0 Å². The van der Waals surface area contributed by atoms with Crippen molar-refractivity contribution >= 4 is 51.5 Å². The molecule has 1 heterocycles. The summed E-state index contributed by atoms with van der Waals surface area (Å²) in [6, 6.07) is 23.2. The van der Waals surface area contributed by atoms with Gasteiger partial charge in [0.05, 0.1) is 50.9 Å². The first-order valence-corrected chi connectivity index (χ1v) is 23.6. The molecule has 7 aromatic carbocycles. The third-order valence-electron chi connectivity index (χ3n) is 13.0. The van der Waals surface area contributed by atoms with Crippen LogP contribution in [-0.2, 0) is 62.4 Å². The van der Waals surface area contributed by atoms with Crippen LogP contribution >= 0.6 is 12.6 Å². The second kappa shape index (κ2) is 22.1. The van der Waals surface area contributed by atoms with E-state index in [0.717, 1.165) is 17.9 Å².